The van der Waals surface area contributed by atoms with Crippen LogP contribution in [0.4, 0.5) is 0 Å². The van der Waals surface area contributed by atoms with Crippen LogP contribution in [0.5, 0.6) is 17.2 Å². The van der Waals surface area contributed by atoms with E-state index in [0.29, 0.717) is 19.8 Å². The van der Waals surface area contributed by atoms with Crippen molar-refractivity contribution in [2.24, 2.45) is 5.16 Å². The zero-order chi connectivity index (χ0) is 23.2. The molecule has 0 spiro atoms. The Morgan fingerprint density at radius 2 is 1.66 bits per heavy atom. The number of allylic oxidation sites excluding steroid dienone is 1. The van der Waals surface area contributed by atoms with Crippen molar-refractivity contribution in [2.75, 3.05) is 26.9 Å². The molecule has 0 aromatic heterocycles. The van der Waals surface area contributed by atoms with Crippen LogP contribution in [0.2, 0.25) is 0 Å². The van der Waals surface area contributed by atoms with E-state index in [-0.39, 0.29) is 0 Å². The third-order valence-corrected chi connectivity index (χ3v) is 4.99. The van der Waals surface area contributed by atoms with Crippen LogP contribution in [0.3, 0.4) is 0 Å². The minimum Gasteiger partial charge on any atom is -0.494 e. The van der Waals surface area contributed by atoms with Crippen LogP contribution in [0.25, 0.3) is 0 Å². The highest BCUT2D eigenvalue weighted by molar-refractivity contribution is 5.81. The van der Waals surface area contributed by atoms with Crippen molar-refractivity contribution in [1.82, 2.24) is 0 Å². The van der Waals surface area contributed by atoms with Crippen molar-refractivity contribution in [3.63, 3.8) is 0 Å². The van der Waals surface area contributed by atoms with Gasteiger partial charge in [0.25, 0.3) is 0 Å². The van der Waals surface area contributed by atoms with Gasteiger partial charge in [-0.2, -0.15) is 0 Å². The molecule has 0 heterocycles. The number of nitrogens with zero attached hydrogens (tertiary/aromatic N) is 1. The van der Waals surface area contributed by atoms with Crippen LogP contribution in [-0.4, -0.2) is 32.6 Å². The van der Waals surface area contributed by atoms with E-state index in [2.05, 4.69) is 31.1 Å². The van der Waals surface area contributed by atoms with Crippen LogP contribution in [-0.2, 0) is 11.3 Å². The molecule has 0 aliphatic rings. The fraction of sp³-hybridized carbons (Fsp3) is 0.444. The van der Waals surface area contributed by atoms with E-state index in [1.165, 1.54) is 5.56 Å². The molecule has 0 fully saturated rings. The van der Waals surface area contributed by atoms with Gasteiger partial charge in [0.15, 0.2) is 0 Å². The van der Waals surface area contributed by atoms with E-state index in [1.807, 2.05) is 50.3 Å². The Morgan fingerprint density at radius 1 is 0.938 bits per heavy atom. The normalized spacial score (nSPS) is 11.6. The molecule has 5 heteroatoms. The number of hydrogen-bond acceptors (Lipinski definition) is 5. The maximum absolute atomic E-state index is 6.05. The monoisotopic (exact) mass is 439 g/mol. The molecule has 2 aromatic rings. The Morgan fingerprint density at radius 3 is 2.34 bits per heavy atom. The third-order valence-electron chi connectivity index (χ3n) is 4.99. The van der Waals surface area contributed by atoms with E-state index < -0.39 is 0 Å². The molecule has 0 unspecified atom stereocenters. The van der Waals surface area contributed by atoms with Crippen molar-refractivity contribution < 1.29 is 19.0 Å². The lowest BCUT2D eigenvalue weighted by Crippen LogP contribution is -2.05. The molecule has 0 saturated carbocycles. The molecule has 0 radical (unpaired) electrons. The summed E-state index contributed by atoms with van der Waals surface area (Å²) in [6.07, 6.45) is 7.64. The number of ether oxygens (including phenoxy) is 3. The van der Waals surface area contributed by atoms with Crippen molar-refractivity contribution in [2.45, 2.75) is 53.4 Å². The summed E-state index contributed by atoms with van der Waals surface area (Å²) < 4.78 is 17.7. The quantitative estimate of drug-likeness (QED) is 0.147. The van der Waals surface area contributed by atoms with Crippen LogP contribution >= 0.6 is 0 Å². The van der Waals surface area contributed by atoms with Gasteiger partial charge in [-0.1, -0.05) is 29.4 Å². The topological polar surface area (TPSA) is 49.3 Å². The van der Waals surface area contributed by atoms with Crippen molar-refractivity contribution in [3.05, 3.63) is 65.2 Å². The zero-order valence-corrected chi connectivity index (χ0v) is 20.1. The molecule has 2 aromatic carbocycles. The van der Waals surface area contributed by atoms with E-state index in [9.17, 15) is 0 Å². The highest BCUT2D eigenvalue weighted by Crippen LogP contribution is 2.28. The van der Waals surface area contributed by atoms with Crippen molar-refractivity contribution in [3.8, 4) is 17.2 Å². The summed E-state index contributed by atoms with van der Waals surface area (Å²) in [6.45, 7) is 10.0. The van der Waals surface area contributed by atoms with Gasteiger partial charge in [-0.05, 0) is 94.3 Å². The third kappa shape index (κ3) is 9.04. The second kappa shape index (κ2) is 14.2. The van der Waals surface area contributed by atoms with Crippen molar-refractivity contribution >= 4 is 5.71 Å². The number of hydrogen-bond donors (Lipinski definition) is 0. The second-order valence-electron chi connectivity index (χ2n) is 7.83. The van der Waals surface area contributed by atoms with Gasteiger partial charge < -0.3 is 19.0 Å². The van der Waals surface area contributed by atoms with Crippen LogP contribution < -0.4 is 14.2 Å². The maximum Gasteiger partial charge on any atom is 0.125 e. The highest BCUT2D eigenvalue weighted by atomic mass is 16.6. The van der Waals surface area contributed by atoms with Gasteiger partial charge >= 0.3 is 0 Å². The Hall–Kier alpha value is -2.95. The van der Waals surface area contributed by atoms with Gasteiger partial charge in [-0.15, -0.1) is 0 Å². The van der Waals surface area contributed by atoms with Crippen LogP contribution in [0.15, 0.2) is 53.7 Å². The summed E-state index contributed by atoms with van der Waals surface area (Å²) in [6, 6.07) is 12.3. The SMILES string of the molecule is C/C=C/COc1cc(C)c(OCCCCOc2cccc(CCC(C)=NOC)c2)c(C)c1. The minimum absolute atomic E-state index is 0.584. The maximum atomic E-state index is 6.05. The summed E-state index contributed by atoms with van der Waals surface area (Å²) in [5.74, 6) is 2.73. The van der Waals surface area contributed by atoms with E-state index in [0.717, 1.165) is 59.8 Å². The number of oxime groups is 1. The van der Waals surface area contributed by atoms with E-state index in [4.69, 9.17) is 19.0 Å². The smallest absolute Gasteiger partial charge is 0.125 e. The molecular formula is C27H37NO4. The molecule has 0 atom stereocenters. The van der Waals surface area contributed by atoms with Gasteiger partial charge in [0.1, 0.15) is 31.0 Å². The minimum atomic E-state index is 0.584. The zero-order valence-electron chi connectivity index (χ0n) is 20.1. The molecule has 0 amide bonds. The number of rotatable bonds is 14. The lowest BCUT2D eigenvalue weighted by molar-refractivity contribution is 0.212. The number of unbranched alkanes of at least 4 members (excludes halogenated alkanes) is 1. The Labute approximate surface area is 193 Å². The molecule has 5 nitrogen and oxygen atoms in total. The summed E-state index contributed by atoms with van der Waals surface area (Å²) in [5, 5.41) is 3.96. The van der Waals surface area contributed by atoms with E-state index >= 15 is 0 Å². The Balaban J connectivity index is 1.71. The number of benzene rings is 2. The van der Waals surface area contributed by atoms with Crippen molar-refractivity contribution in [1.29, 1.82) is 0 Å². The molecule has 0 bridgehead atoms. The molecule has 0 aliphatic heterocycles. The average molecular weight is 440 g/mol. The summed E-state index contributed by atoms with van der Waals surface area (Å²) in [4.78, 5) is 4.81. The standard InChI is InChI=1S/C27H37NO4/c1-6-7-15-31-26-18-21(2)27(22(3)19-26)32-17-9-8-16-30-25-12-10-11-24(20-25)14-13-23(4)28-29-5/h6-7,10-12,18-20H,8-9,13-17H2,1-5H3/b7-6+,28-23?. The van der Waals surface area contributed by atoms with Gasteiger partial charge in [-0.25, -0.2) is 0 Å². The largest absolute Gasteiger partial charge is 0.494 e. The second-order valence-corrected chi connectivity index (χ2v) is 7.83. The number of aryl methyl sites for hydroxylation is 3. The van der Waals surface area contributed by atoms with Gasteiger partial charge in [-0.3, -0.25) is 0 Å². The first-order chi connectivity index (χ1) is 15.5. The fourth-order valence-corrected chi connectivity index (χ4v) is 3.35. The average Bonchev–Trinajstić information content (AvgIpc) is 2.77. The van der Waals surface area contributed by atoms with Gasteiger partial charge in [0, 0.05) is 0 Å². The first-order valence-electron chi connectivity index (χ1n) is 11.3. The first kappa shape index (κ1) is 25.3. The predicted molar refractivity (Wildman–Crippen MR) is 131 cm³/mol. The highest BCUT2D eigenvalue weighted by Gasteiger charge is 2.07. The van der Waals surface area contributed by atoms with Gasteiger partial charge in [0.2, 0.25) is 0 Å². The molecule has 0 N–H and O–H groups in total. The Bertz CT molecular complexity index is 866. The molecule has 2 rings (SSSR count). The summed E-state index contributed by atoms with van der Waals surface area (Å²) in [7, 11) is 1.57. The van der Waals surface area contributed by atoms with Gasteiger partial charge in [0.05, 0.1) is 18.9 Å². The predicted octanol–water partition coefficient (Wildman–Crippen LogP) is 6.45. The lowest BCUT2D eigenvalue weighted by atomic mass is 10.1. The van der Waals surface area contributed by atoms with E-state index in [1.54, 1.807) is 7.11 Å². The van der Waals surface area contributed by atoms with Crippen LogP contribution in [0.1, 0.15) is 49.8 Å². The summed E-state index contributed by atoms with van der Waals surface area (Å²) >= 11 is 0. The van der Waals surface area contributed by atoms with Crippen LogP contribution in [0, 0.1) is 13.8 Å². The fourth-order valence-electron chi connectivity index (χ4n) is 3.35. The molecule has 0 aliphatic carbocycles. The Kier molecular flexibility index (Phi) is 11.2. The first-order valence-corrected chi connectivity index (χ1v) is 11.3. The summed E-state index contributed by atoms with van der Waals surface area (Å²) in [5.41, 5.74) is 4.42. The molecule has 0 saturated heterocycles. The molecule has 174 valence electrons. The lowest BCUT2D eigenvalue weighted by Gasteiger charge is -2.14. The molecule has 32 heavy (non-hydrogen) atoms. The molecular weight excluding hydrogens is 402 g/mol.